The van der Waals surface area contributed by atoms with Crippen LogP contribution in [-0.4, -0.2) is 39.3 Å². The molecule has 2 amide bonds. The van der Waals surface area contributed by atoms with E-state index >= 15 is 0 Å². The van der Waals surface area contributed by atoms with Crippen molar-refractivity contribution in [2.45, 2.75) is 44.7 Å². The first kappa shape index (κ1) is 16.5. The smallest absolute Gasteiger partial charge is 0.324 e. The number of aromatic nitrogens is 4. The van der Waals surface area contributed by atoms with Gasteiger partial charge in [0.1, 0.15) is 5.82 Å². The van der Waals surface area contributed by atoms with Crippen LogP contribution in [0.5, 0.6) is 0 Å². The molecule has 2 aromatic rings. The van der Waals surface area contributed by atoms with Gasteiger partial charge in [0, 0.05) is 19.4 Å². The van der Waals surface area contributed by atoms with Gasteiger partial charge in [-0.05, 0) is 12.8 Å². The molecule has 1 aliphatic rings. The molecule has 130 valence electrons. The highest BCUT2D eigenvalue weighted by atomic mass is 16.5. The van der Waals surface area contributed by atoms with Gasteiger partial charge in [-0.15, -0.1) is 0 Å². The van der Waals surface area contributed by atoms with E-state index in [0.29, 0.717) is 24.9 Å². The number of anilines is 2. The first-order valence-corrected chi connectivity index (χ1v) is 8.39. The molecule has 0 aliphatic heterocycles. The molecule has 3 rings (SSSR count). The van der Waals surface area contributed by atoms with Crippen LogP contribution in [0.3, 0.4) is 0 Å². The second-order valence-electron chi connectivity index (χ2n) is 6.02. The molecule has 24 heavy (non-hydrogen) atoms. The summed E-state index contributed by atoms with van der Waals surface area (Å²) < 4.78 is 8.67. The Morgan fingerprint density at radius 1 is 1.29 bits per heavy atom. The number of methoxy groups -OCH3 is 1. The molecule has 2 N–H and O–H groups in total. The number of nitrogens with zero attached hydrogens (tertiary/aromatic N) is 4. The molecule has 8 nitrogen and oxygen atoms in total. The molecule has 8 heteroatoms. The Balaban J connectivity index is 1.57. The number of hydrogen-bond donors (Lipinski definition) is 2. The number of urea groups is 1. The second-order valence-corrected chi connectivity index (χ2v) is 6.02. The fraction of sp³-hybridized carbons (Fsp3) is 0.562. The molecule has 2 heterocycles. The lowest BCUT2D eigenvalue weighted by molar-refractivity contribution is 0.183. The van der Waals surface area contributed by atoms with Crippen LogP contribution in [0.1, 0.15) is 38.1 Å². The Morgan fingerprint density at radius 2 is 2.12 bits per heavy atom. The van der Waals surface area contributed by atoms with E-state index in [4.69, 9.17) is 4.74 Å². The second kappa shape index (κ2) is 7.96. The fourth-order valence-electron chi connectivity index (χ4n) is 3.04. The Labute approximate surface area is 141 Å². The third kappa shape index (κ3) is 4.14. The first-order valence-electron chi connectivity index (χ1n) is 8.39. The quantitative estimate of drug-likeness (QED) is 0.851. The number of hydrogen-bond acceptors (Lipinski definition) is 4. The average molecular weight is 332 g/mol. The van der Waals surface area contributed by atoms with Gasteiger partial charge in [0.25, 0.3) is 0 Å². The zero-order chi connectivity index (χ0) is 16.8. The normalized spacial score (nSPS) is 15.4. The van der Waals surface area contributed by atoms with Crippen LogP contribution in [0.25, 0.3) is 0 Å². The zero-order valence-electron chi connectivity index (χ0n) is 13.9. The van der Waals surface area contributed by atoms with Crippen molar-refractivity contribution in [1.29, 1.82) is 0 Å². The number of nitrogens with one attached hydrogen (secondary N) is 2. The zero-order valence-corrected chi connectivity index (χ0v) is 13.9. The summed E-state index contributed by atoms with van der Waals surface area (Å²) in [5, 5.41) is 14.2. The summed E-state index contributed by atoms with van der Waals surface area (Å²) in [7, 11) is 1.64. The van der Waals surface area contributed by atoms with Crippen LogP contribution < -0.4 is 10.6 Å². The summed E-state index contributed by atoms with van der Waals surface area (Å²) in [5.41, 5.74) is 0.646. The molecule has 0 atom stereocenters. The Kier molecular flexibility index (Phi) is 5.47. The Bertz CT molecular complexity index is 659. The van der Waals surface area contributed by atoms with Crippen molar-refractivity contribution < 1.29 is 9.53 Å². The fourth-order valence-corrected chi connectivity index (χ4v) is 3.04. The Hall–Kier alpha value is -2.35. The third-order valence-corrected chi connectivity index (χ3v) is 4.25. The number of carbonyl (C=O) groups excluding carboxylic acids is 1. The van der Waals surface area contributed by atoms with Crippen molar-refractivity contribution in [3.63, 3.8) is 0 Å². The molecule has 0 aromatic carbocycles. The van der Waals surface area contributed by atoms with E-state index in [9.17, 15) is 4.79 Å². The van der Waals surface area contributed by atoms with Gasteiger partial charge in [-0.1, -0.05) is 19.3 Å². The third-order valence-electron chi connectivity index (χ3n) is 4.25. The van der Waals surface area contributed by atoms with Gasteiger partial charge in [0.05, 0.1) is 37.3 Å². The number of carbonyl (C=O) groups is 1. The maximum absolute atomic E-state index is 12.2. The number of rotatable bonds is 6. The summed E-state index contributed by atoms with van der Waals surface area (Å²) in [5.74, 6) is 0.728. The van der Waals surface area contributed by atoms with Gasteiger partial charge >= 0.3 is 6.03 Å². The minimum absolute atomic E-state index is 0.293. The predicted molar refractivity (Wildman–Crippen MR) is 91.1 cm³/mol. The van der Waals surface area contributed by atoms with Crippen LogP contribution in [-0.2, 0) is 11.3 Å². The minimum Gasteiger partial charge on any atom is -0.383 e. The highest BCUT2D eigenvalue weighted by molar-refractivity contribution is 5.99. The molecule has 1 aliphatic carbocycles. The topological polar surface area (TPSA) is 86.0 Å². The van der Waals surface area contributed by atoms with E-state index in [1.165, 1.54) is 19.3 Å². The molecule has 0 spiro atoms. The summed E-state index contributed by atoms with van der Waals surface area (Å²) in [6.45, 7) is 1.22. The van der Waals surface area contributed by atoms with E-state index in [1.807, 2.05) is 10.7 Å². The van der Waals surface area contributed by atoms with Crippen LogP contribution in [0.15, 0.2) is 24.7 Å². The van der Waals surface area contributed by atoms with Crippen molar-refractivity contribution >= 4 is 17.5 Å². The maximum Gasteiger partial charge on any atom is 0.324 e. The van der Waals surface area contributed by atoms with Gasteiger partial charge in [-0.3, -0.25) is 10.00 Å². The van der Waals surface area contributed by atoms with Gasteiger partial charge in [0.2, 0.25) is 0 Å². The molecule has 0 bridgehead atoms. The molecule has 0 radical (unpaired) electrons. The lowest BCUT2D eigenvalue weighted by Crippen LogP contribution is -2.23. The standard InChI is InChI=1S/C16H24N6O2/c1-24-10-9-21-12-13(11-18-21)19-16(23)20-15-7-8-17-22(15)14-5-3-2-4-6-14/h7-8,11-12,14H,2-6,9-10H2,1H3,(H2,19,20,23). The summed E-state index contributed by atoms with van der Waals surface area (Å²) in [6, 6.07) is 1.91. The highest BCUT2D eigenvalue weighted by Crippen LogP contribution is 2.29. The first-order chi connectivity index (χ1) is 11.8. The SMILES string of the molecule is COCCn1cc(NC(=O)Nc2ccnn2C2CCCCC2)cn1. The van der Waals surface area contributed by atoms with Crippen LogP contribution in [0.4, 0.5) is 16.3 Å². The summed E-state index contributed by atoms with van der Waals surface area (Å²) in [4.78, 5) is 12.2. The molecule has 1 fully saturated rings. The lowest BCUT2D eigenvalue weighted by atomic mass is 9.96. The van der Waals surface area contributed by atoms with E-state index < -0.39 is 0 Å². The van der Waals surface area contributed by atoms with Gasteiger partial charge in [-0.25, -0.2) is 9.48 Å². The van der Waals surface area contributed by atoms with E-state index in [1.54, 1.807) is 30.4 Å². The van der Waals surface area contributed by atoms with Gasteiger partial charge < -0.3 is 10.1 Å². The van der Waals surface area contributed by atoms with Gasteiger partial charge in [-0.2, -0.15) is 10.2 Å². The van der Waals surface area contributed by atoms with Crippen molar-refractivity contribution in [2.24, 2.45) is 0 Å². The van der Waals surface area contributed by atoms with Crippen LogP contribution in [0, 0.1) is 0 Å². The molecule has 2 aromatic heterocycles. The van der Waals surface area contributed by atoms with Crippen molar-refractivity contribution in [2.75, 3.05) is 24.4 Å². The summed E-state index contributed by atoms with van der Waals surface area (Å²) in [6.07, 6.45) is 11.1. The highest BCUT2D eigenvalue weighted by Gasteiger charge is 2.19. The largest absolute Gasteiger partial charge is 0.383 e. The van der Waals surface area contributed by atoms with Crippen molar-refractivity contribution in [1.82, 2.24) is 19.6 Å². The molecule has 0 saturated heterocycles. The average Bonchev–Trinajstić information content (AvgIpc) is 3.23. The minimum atomic E-state index is -0.293. The van der Waals surface area contributed by atoms with Crippen LogP contribution >= 0.6 is 0 Å². The number of amides is 2. The Morgan fingerprint density at radius 3 is 2.92 bits per heavy atom. The molecular formula is C16H24N6O2. The van der Waals surface area contributed by atoms with E-state index in [-0.39, 0.29) is 6.03 Å². The molecule has 0 unspecified atom stereocenters. The van der Waals surface area contributed by atoms with Gasteiger partial charge in [0.15, 0.2) is 0 Å². The molecule has 1 saturated carbocycles. The van der Waals surface area contributed by atoms with E-state index in [2.05, 4.69) is 20.8 Å². The lowest BCUT2D eigenvalue weighted by Gasteiger charge is -2.23. The molecular weight excluding hydrogens is 308 g/mol. The van der Waals surface area contributed by atoms with E-state index in [0.717, 1.165) is 18.7 Å². The van der Waals surface area contributed by atoms with Crippen LogP contribution in [0.2, 0.25) is 0 Å². The predicted octanol–water partition coefficient (Wildman–Crippen LogP) is 2.88. The van der Waals surface area contributed by atoms with Crippen molar-refractivity contribution in [3.05, 3.63) is 24.7 Å². The van der Waals surface area contributed by atoms with Crippen molar-refractivity contribution in [3.8, 4) is 0 Å². The maximum atomic E-state index is 12.2. The number of ether oxygens (including phenoxy) is 1. The summed E-state index contributed by atoms with van der Waals surface area (Å²) >= 11 is 0. The monoisotopic (exact) mass is 332 g/mol.